The van der Waals surface area contributed by atoms with E-state index in [2.05, 4.69) is 33.6 Å². The lowest BCUT2D eigenvalue weighted by Crippen LogP contribution is -2.23. The molecule has 0 amide bonds. The first-order valence-corrected chi connectivity index (χ1v) is 7.08. The van der Waals surface area contributed by atoms with Crippen molar-refractivity contribution in [3.63, 3.8) is 0 Å². The highest BCUT2D eigenvalue weighted by atomic mass is 32.1. The van der Waals surface area contributed by atoms with Crippen LogP contribution in [0.5, 0.6) is 0 Å². The van der Waals surface area contributed by atoms with E-state index >= 15 is 0 Å². The minimum absolute atomic E-state index is 0.339. The average Bonchev–Trinajstić information content (AvgIpc) is 2.46. The van der Waals surface area contributed by atoms with Crippen LogP contribution in [0.3, 0.4) is 0 Å². The summed E-state index contributed by atoms with van der Waals surface area (Å²) in [6.45, 7) is 5.97. The maximum Gasteiger partial charge on any atom is 0.421 e. The average molecular weight is 320 g/mol. The molecule has 1 rings (SSSR count). The van der Waals surface area contributed by atoms with Gasteiger partial charge in [-0.15, -0.1) is 0 Å². The van der Waals surface area contributed by atoms with Gasteiger partial charge < -0.3 is 4.74 Å². The molecular weight excluding hydrogens is 300 g/mol. The second-order valence-electron chi connectivity index (χ2n) is 5.04. The van der Waals surface area contributed by atoms with E-state index < -0.39 is 5.24 Å². The van der Waals surface area contributed by atoms with Crippen LogP contribution < -0.4 is 0 Å². The van der Waals surface area contributed by atoms with E-state index in [1.54, 1.807) is 6.92 Å². The van der Waals surface area contributed by atoms with E-state index in [-0.39, 0.29) is 5.97 Å². The molecule has 1 aliphatic rings. The van der Waals surface area contributed by atoms with E-state index in [1.807, 2.05) is 0 Å². The van der Waals surface area contributed by atoms with Gasteiger partial charge in [-0.2, -0.15) is 4.89 Å². The number of ether oxygens (including phenoxy) is 1. The quantitative estimate of drug-likeness (QED) is 0.252. The number of hydrogen-bond acceptors (Lipinski definition) is 8. The molecule has 0 aromatic carbocycles. The molecule has 0 aliphatic heterocycles. The van der Waals surface area contributed by atoms with Gasteiger partial charge in [0.1, 0.15) is 0 Å². The lowest BCUT2D eigenvalue weighted by Gasteiger charge is -2.27. The molecule has 0 unspecified atom stereocenters. The first kappa shape index (κ1) is 17.8. The first-order valence-electron chi connectivity index (χ1n) is 6.67. The van der Waals surface area contributed by atoms with Gasteiger partial charge in [-0.25, -0.2) is 10.1 Å². The van der Waals surface area contributed by atoms with Crippen LogP contribution in [0.15, 0.2) is 12.2 Å². The smallest absolute Gasteiger partial charge is 0.421 e. The van der Waals surface area contributed by atoms with Gasteiger partial charge >= 0.3 is 11.2 Å². The summed E-state index contributed by atoms with van der Waals surface area (Å²) in [5.74, 6) is 0.377. The summed E-state index contributed by atoms with van der Waals surface area (Å²) in [4.78, 5) is 24.8. The van der Waals surface area contributed by atoms with Crippen LogP contribution in [-0.2, 0) is 29.2 Å². The molecule has 8 heteroatoms. The molecule has 1 fully saturated rings. The highest BCUT2D eigenvalue weighted by Gasteiger charge is 2.23. The zero-order valence-corrected chi connectivity index (χ0v) is 12.7. The Morgan fingerprint density at radius 2 is 1.76 bits per heavy atom. The molecular formula is C13H20O7S. The fraction of sp³-hybridized carbons (Fsp3) is 0.692. The summed E-state index contributed by atoms with van der Waals surface area (Å²) in [5, 5.41) is 10.8. The van der Waals surface area contributed by atoms with Gasteiger partial charge in [0.05, 0.1) is 13.2 Å². The predicted octanol–water partition coefficient (Wildman–Crippen LogP) is 2.57. The molecule has 0 saturated heterocycles. The lowest BCUT2D eigenvalue weighted by molar-refractivity contribution is -0.462. The summed E-state index contributed by atoms with van der Waals surface area (Å²) in [6.07, 6.45) is 3.81. The standard InChI is InChI=1S/C13H20O7S/c1-9(2)12(14)16-7-10-3-5-11(6-4-10)8-17-18-13(21)19-20-15/h10-11,15H,1,3-8H2,2H3. The summed E-state index contributed by atoms with van der Waals surface area (Å²) in [6, 6.07) is 0. The highest BCUT2D eigenvalue weighted by Crippen LogP contribution is 2.29. The van der Waals surface area contributed by atoms with Crippen molar-refractivity contribution in [2.45, 2.75) is 32.6 Å². The van der Waals surface area contributed by atoms with Crippen LogP contribution in [0.2, 0.25) is 0 Å². The Morgan fingerprint density at radius 3 is 2.29 bits per heavy atom. The van der Waals surface area contributed by atoms with Crippen LogP contribution in [0.4, 0.5) is 0 Å². The number of carbonyl (C=O) groups excluding carboxylic acids is 1. The normalized spacial score (nSPS) is 21.4. The minimum atomic E-state index is -0.446. The van der Waals surface area contributed by atoms with Crippen molar-refractivity contribution in [3.05, 3.63) is 12.2 Å². The van der Waals surface area contributed by atoms with Gasteiger partial charge in [0.25, 0.3) is 0 Å². The van der Waals surface area contributed by atoms with Crippen molar-refractivity contribution in [1.82, 2.24) is 0 Å². The fourth-order valence-corrected chi connectivity index (χ4v) is 2.18. The Hall–Kier alpha value is -1.22. The Balaban J connectivity index is 2.10. The lowest BCUT2D eigenvalue weighted by atomic mass is 9.83. The van der Waals surface area contributed by atoms with Gasteiger partial charge in [-0.05, 0) is 49.5 Å². The molecule has 0 spiro atoms. The van der Waals surface area contributed by atoms with Crippen LogP contribution in [0.25, 0.3) is 0 Å². The third kappa shape index (κ3) is 7.37. The molecule has 1 saturated carbocycles. The van der Waals surface area contributed by atoms with Crippen LogP contribution in [0.1, 0.15) is 32.6 Å². The number of rotatable bonds is 7. The van der Waals surface area contributed by atoms with Gasteiger partial charge in [0, 0.05) is 17.8 Å². The third-order valence-corrected chi connectivity index (χ3v) is 3.44. The summed E-state index contributed by atoms with van der Waals surface area (Å²) in [5.41, 5.74) is 0.416. The maximum absolute atomic E-state index is 11.3. The first-order chi connectivity index (χ1) is 10.0. The Labute approximate surface area is 128 Å². The van der Waals surface area contributed by atoms with Crippen molar-refractivity contribution in [1.29, 1.82) is 0 Å². The minimum Gasteiger partial charge on any atom is -0.462 e. The Kier molecular flexibility index (Phi) is 8.21. The van der Waals surface area contributed by atoms with Gasteiger partial charge in [-0.1, -0.05) is 6.58 Å². The largest absolute Gasteiger partial charge is 0.462 e. The van der Waals surface area contributed by atoms with Crippen molar-refractivity contribution in [3.8, 4) is 0 Å². The van der Waals surface area contributed by atoms with Crippen LogP contribution >= 0.6 is 12.2 Å². The third-order valence-electron chi connectivity index (χ3n) is 3.30. The van der Waals surface area contributed by atoms with E-state index in [9.17, 15) is 4.79 Å². The predicted molar refractivity (Wildman–Crippen MR) is 75.7 cm³/mol. The molecule has 21 heavy (non-hydrogen) atoms. The fourth-order valence-electron chi connectivity index (χ4n) is 2.10. The number of hydrogen-bond donors (Lipinski definition) is 1. The highest BCUT2D eigenvalue weighted by molar-refractivity contribution is 7.79. The second-order valence-corrected chi connectivity index (χ2v) is 5.37. The van der Waals surface area contributed by atoms with E-state index in [0.717, 1.165) is 25.7 Å². The molecule has 1 aliphatic carbocycles. The van der Waals surface area contributed by atoms with Crippen LogP contribution in [0, 0.1) is 11.8 Å². The molecule has 1 N–H and O–H groups in total. The maximum atomic E-state index is 11.3. The van der Waals surface area contributed by atoms with Crippen molar-refractivity contribution < 1.29 is 34.5 Å². The van der Waals surface area contributed by atoms with E-state index in [0.29, 0.717) is 30.6 Å². The van der Waals surface area contributed by atoms with Crippen LogP contribution in [-0.4, -0.2) is 29.7 Å². The Morgan fingerprint density at radius 1 is 1.19 bits per heavy atom. The van der Waals surface area contributed by atoms with Gasteiger partial charge in [0.2, 0.25) is 0 Å². The number of thiocarbonyl (C=S) groups is 1. The summed E-state index contributed by atoms with van der Waals surface area (Å²) in [7, 11) is 0. The molecule has 0 aromatic heterocycles. The van der Waals surface area contributed by atoms with Gasteiger partial charge in [0.15, 0.2) is 0 Å². The molecule has 120 valence electrons. The Bertz CT molecular complexity index is 364. The summed E-state index contributed by atoms with van der Waals surface area (Å²) < 4.78 is 5.15. The SMILES string of the molecule is C=C(C)C(=O)OCC1CCC(COOC(=S)OOO)CC1. The zero-order valence-electron chi connectivity index (χ0n) is 11.9. The molecule has 0 aromatic rings. The molecule has 0 bridgehead atoms. The summed E-state index contributed by atoms with van der Waals surface area (Å²) >= 11 is 4.51. The molecule has 0 atom stereocenters. The number of esters is 1. The molecule has 0 radical (unpaired) electrons. The van der Waals surface area contributed by atoms with Gasteiger partial charge in [-0.3, -0.25) is 9.78 Å². The zero-order chi connectivity index (χ0) is 15.7. The topological polar surface area (TPSA) is 83.5 Å². The van der Waals surface area contributed by atoms with Crippen molar-refractivity contribution >= 4 is 23.4 Å². The number of carbonyl (C=O) groups is 1. The van der Waals surface area contributed by atoms with E-state index in [4.69, 9.17) is 14.9 Å². The van der Waals surface area contributed by atoms with Crippen molar-refractivity contribution in [2.24, 2.45) is 11.8 Å². The monoisotopic (exact) mass is 320 g/mol. The molecule has 0 heterocycles. The van der Waals surface area contributed by atoms with Crippen molar-refractivity contribution in [2.75, 3.05) is 13.2 Å². The second kappa shape index (κ2) is 9.67. The molecule has 7 nitrogen and oxygen atoms in total. The van der Waals surface area contributed by atoms with E-state index in [1.165, 1.54) is 0 Å².